The Morgan fingerprint density at radius 3 is 2.48 bits per heavy atom. The molecule has 1 aromatic carbocycles. The molecule has 1 aliphatic heterocycles. The number of aromatic nitrogens is 2. The van der Waals surface area contributed by atoms with Gasteiger partial charge in [0.1, 0.15) is 18.0 Å². The summed E-state index contributed by atoms with van der Waals surface area (Å²) in [4.78, 5) is 36.9. The van der Waals surface area contributed by atoms with Gasteiger partial charge in [-0.2, -0.15) is 5.10 Å². The smallest absolute Gasteiger partial charge is 0.342 e. The Kier molecular flexibility index (Phi) is 6.38. The van der Waals surface area contributed by atoms with E-state index in [1.165, 1.54) is 16.8 Å². The monoisotopic (exact) mass is 430 g/mol. The number of rotatable bonds is 6. The topological polar surface area (TPSA) is 112 Å². The molecule has 164 valence electrons. The molecule has 10 heteroatoms. The Balaban J connectivity index is 1.84. The number of ether oxygens (including phenoxy) is 2. The van der Waals surface area contributed by atoms with Crippen LogP contribution < -0.4 is 10.6 Å². The maximum absolute atomic E-state index is 13.2. The fourth-order valence-corrected chi connectivity index (χ4v) is 3.37. The van der Waals surface area contributed by atoms with Crippen LogP contribution in [0.4, 0.5) is 9.18 Å². The van der Waals surface area contributed by atoms with Crippen molar-refractivity contribution in [1.82, 2.24) is 20.4 Å². The fourth-order valence-electron chi connectivity index (χ4n) is 3.37. The van der Waals surface area contributed by atoms with Crippen molar-refractivity contribution in [2.24, 2.45) is 0 Å². The number of amides is 2. The van der Waals surface area contributed by atoms with Crippen LogP contribution in [0.15, 0.2) is 35.5 Å². The first-order chi connectivity index (χ1) is 14.7. The fraction of sp³-hybridized carbons (Fsp3) is 0.333. The van der Waals surface area contributed by atoms with Crippen molar-refractivity contribution in [2.75, 3.05) is 13.2 Å². The van der Waals surface area contributed by atoms with Gasteiger partial charge in [0, 0.05) is 0 Å². The number of halogens is 1. The minimum atomic E-state index is -0.667. The lowest BCUT2D eigenvalue weighted by Gasteiger charge is -2.26. The number of benzene rings is 1. The number of aryl methyl sites for hydroxylation is 1. The second-order valence-corrected chi connectivity index (χ2v) is 6.94. The average Bonchev–Trinajstić information content (AvgIpc) is 3.00. The second-order valence-electron chi connectivity index (χ2n) is 6.94. The summed E-state index contributed by atoms with van der Waals surface area (Å²) in [5.74, 6) is -1.65. The maximum atomic E-state index is 13.2. The zero-order chi connectivity index (χ0) is 22.7. The highest BCUT2D eigenvalue weighted by atomic mass is 19.1. The van der Waals surface area contributed by atoms with Crippen LogP contribution in [0.25, 0.3) is 5.69 Å². The van der Waals surface area contributed by atoms with E-state index in [1.807, 2.05) is 0 Å². The summed E-state index contributed by atoms with van der Waals surface area (Å²) in [6.07, 6.45) is 0. The summed E-state index contributed by atoms with van der Waals surface area (Å²) in [5, 5.41) is 9.42. The molecule has 0 saturated heterocycles. The largest absolute Gasteiger partial charge is 0.463 e. The summed E-state index contributed by atoms with van der Waals surface area (Å²) in [7, 11) is 0. The van der Waals surface area contributed by atoms with Crippen LogP contribution in [0.5, 0.6) is 0 Å². The highest BCUT2D eigenvalue weighted by molar-refractivity contribution is 5.95. The van der Waals surface area contributed by atoms with Crippen molar-refractivity contribution in [3.63, 3.8) is 0 Å². The molecule has 0 radical (unpaired) electrons. The van der Waals surface area contributed by atoms with E-state index in [9.17, 15) is 18.8 Å². The van der Waals surface area contributed by atoms with Crippen molar-refractivity contribution in [3.05, 3.63) is 58.3 Å². The van der Waals surface area contributed by atoms with Gasteiger partial charge in [0.05, 0.1) is 41.0 Å². The number of hydrogen-bond donors (Lipinski definition) is 2. The van der Waals surface area contributed by atoms with Gasteiger partial charge in [-0.25, -0.2) is 23.5 Å². The molecule has 31 heavy (non-hydrogen) atoms. The van der Waals surface area contributed by atoms with Gasteiger partial charge >= 0.3 is 18.0 Å². The van der Waals surface area contributed by atoms with Gasteiger partial charge in [0.25, 0.3) is 0 Å². The molecule has 0 saturated carbocycles. The molecular weight excluding hydrogens is 407 g/mol. The molecular formula is C21H23FN4O5. The summed E-state index contributed by atoms with van der Waals surface area (Å²) < 4.78 is 25.2. The third kappa shape index (κ3) is 4.57. The third-order valence-corrected chi connectivity index (χ3v) is 4.78. The van der Waals surface area contributed by atoms with E-state index >= 15 is 0 Å². The Hall–Kier alpha value is -3.69. The van der Waals surface area contributed by atoms with E-state index < -0.39 is 24.0 Å². The van der Waals surface area contributed by atoms with Gasteiger partial charge in [0.2, 0.25) is 0 Å². The molecule has 2 N–H and O–H groups in total. The highest BCUT2D eigenvalue weighted by Gasteiger charge is 2.31. The van der Waals surface area contributed by atoms with E-state index in [0.717, 1.165) is 0 Å². The van der Waals surface area contributed by atoms with Crippen molar-refractivity contribution < 1.29 is 28.2 Å². The summed E-state index contributed by atoms with van der Waals surface area (Å²) in [6.45, 7) is 6.48. The van der Waals surface area contributed by atoms with Crippen LogP contribution in [0.2, 0.25) is 0 Å². The van der Waals surface area contributed by atoms with E-state index in [4.69, 9.17) is 9.47 Å². The molecule has 0 aliphatic carbocycles. The summed E-state index contributed by atoms with van der Waals surface area (Å²) >= 11 is 0. The molecule has 0 fully saturated rings. The molecule has 2 amide bonds. The second kappa shape index (κ2) is 8.99. The van der Waals surface area contributed by atoms with E-state index in [0.29, 0.717) is 17.1 Å². The standard InChI is InChI=1S/C21H23FN4O5/c1-5-30-20(28)18-11(2)23-21(29)24-16(18)10-31-19(27)17-12(3)25-26(13(17)4)15-8-6-14(22)7-9-15/h6-9,11H,5,10H2,1-4H3,(H2,23,24,29)/t11-/m0/s1. The summed E-state index contributed by atoms with van der Waals surface area (Å²) in [6, 6.07) is 4.58. The van der Waals surface area contributed by atoms with Gasteiger partial charge < -0.3 is 20.1 Å². The number of urea groups is 1. The number of esters is 2. The number of hydrogen-bond acceptors (Lipinski definition) is 6. The van der Waals surface area contributed by atoms with Crippen molar-refractivity contribution in [3.8, 4) is 5.69 Å². The minimum Gasteiger partial charge on any atom is -0.463 e. The Morgan fingerprint density at radius 1 is 1.16 bits per heavy atom. The van der Waals surface area contributed by atoms with E-state index in [1.54, 1.807) is 39.8 Å². The molecule has 2 aromatic rings. The molecule has 0 spiro atoms. The SMILES string of the molecule is CCOC(=O)C1=C(COC(=O)c2c(C)nn(-c3ccc(F)cc3)c2C)NC(=O)N[C@H]1C. The Morgan fingerprint density at radius 2 is 1.84 bits per heavy atom. The van der Waals surface area contributed by atoms with Crippen LogP contribution in [-0.2, 0) is 14.3 Å². The number of carbonyl (C=O) groups is 3. The van der Waals surface area contributed by atoms with Crippen LogP contribution in [0, 0.1) is 19.7 Å². The van der Waals surface area contributed by atoms with Crippen molar-refractivity contribution in [2.45, 2.75) is 33.7 Å². The molecule has 0 bridgehead atoms. The van der Waals surface area contributed by atoms with Crippen LogP contribution in [0.3, 0.4) is 0 Å². The van der Waals surface area contributed by atoms with E-state index in [-0.39, 0.29) is 35.9 Å². The molecule has 1 aliphatic rings. The van der Waals surface area contributed by atoms with Gasteiger partial charge in [-0.15, -0.1) is 0 Å². The minimum absolute atomic E-state index is 0.157. The van der Waals surface area contributed by atoms with Gasteiger partial charge in [-0.1, -0.05) is 0 Å². The van der Waals surface area contributed by atoms with Crippen LogP contribution in [0.1, 0.15) is 35.6 Å². The molecule has 1 aromatic heterocycles. The predicted octanol–water partition coefficient (Wildman–Crippen LogP) is 2.30. The lowest BCUT2D eigenvalue weighted by Crippen LogP contribution is -2.50. The summed E-state index contributed by atoms with van der Waals surface area (Å²) in [5.41, 5.74) is 2.11. The quantitative estimate of drug-likeness (QED) is 0.681. The average molecular weight is 430 g/mol. The van der Waals surface area contributed by atoms with Gasteiger partial charge in [-0.3, -0.25) is 0 Å². The van der Waals surface area contributed by atoms with E-state index in [2.05, 4.69) is 15.7 Å². The lowest BCUT2D eigenvalue weighted by atomic mass is 10.0. The van der Waals surface area contributed by atoms with Gasteiger partial charge in [-0.05, 0) is 52.0 Å². The number of nitrogens with one attached hydrogen (secondary N) is 2. The lowest BCUT2D eigenvalue weighted by molar-refractivity contribution is -0.139. The highest BCUT2D eigenvalue weighted by Crippen LogP contribution is 2.20. The zero-order valence-corrected chi connectivity index (χ0v) is 17.6. The molecule has 2 heterocycles. The predicted molar refractivity (Wildman–Crippen MR) is 108 cm³/mol. The van der Waals surface area contributed by atoms with Crippen molar-refractivity contribution in [1.29, 1.82) is 0 Å². The molecule has 1 atom stereocenters. The third-order valence-electron chi connectivity index (χ3n) is 4.78. The number of carbonyl (C=O) groups excluding carboxylic acids is 3. The zero-order valence-electron chi connectivity index (χ0n) is 17.6. The Labute approximate surface area is 178 Å². The first kappa shape index (κ1) is 22.0. The molecule has 0 unspecified atom stereocenters. The first-order valence-corrected chi connectivity index (χ1v) is 9.69. The first-order valence-electron chi connectivity index (χ1n) is 9.69. The van der Waals surface area contributed by atoms with Gasteiger partial charge in [0.15, 0.2) is 0 Å². The maximum Gasteiger partial charge on any atom is 0.342 e. The van der Waals surface area contributed by atoms with Crippen LogP contribution in [-0.4, -0.2) is 47.0 Å². The normalized spacial score (nSPS) is 15.9. The van der Waals surface area contributed by atoms with Crippen LogP contribution >= 0.6 is 0 Å². The van der Waals surface area contributed by atoms with Crippen molar-refractivity contribution >= 4 is 18.0 Å². The molecule has 9 nitrogen and oxygen atoms in total. The molecule has 3 rings (SSSR count). The number of nitrogens with zero attached hydrogens (tertiary/aromatic N) is 2. The Bertz CT molecular complexity index is 1060.